The Morgan fingerprint density at radius 2 is 0.610 bits per heavy atom. The number of hydrogen-bond donors (Lipinski definition) is 0. The van der Waals surface area contributed by atoms with Crippen LogP contribution in [0.1, 0.15) is 11.6 Å². The summed E-state index contributed by atoms with van der Waals surface area (Å²) in [6.07, 6.45) is -10.6. The number of benzene rings is 7. The summed E-state index contributed by atoms with van der Waals surface area (Å²) in [7, 11) is 0. The molecule has 0 amide bonds. The Kier molecular flexibility index (Phi) is 7.37. The van der Waals surface area contributed by atoms with Crippen LogP contribution in [0, 0.1) is 0 Å². The van der Waals surface area contributed by atoms with E-state index in [4.69, 9.17) is 0 Å². The molecule has 0 unspecified atom stereocenters. The Labute approximate surface area is 329 Å². The van der Waals surface area contributed by atoms with Crippen LogP contribution in [0.15, 0.2) is 158 Å². The average Bonchev–Trinajstić information content (AvgIpc) is 3.88. The summed E-state index contributed by atoms with van der Waals surface area (Å²) >= 11 is 0. The second kappa shape index (κ2) is 12.5. The molecular weight excluding hydrogens is 763 g/mol. The highest BCUT2D eigenvalue weighted by atomic mass is 19.4. The van der Waals surface area contributed by atoms with E-state index < -0.39 is 29.8 Å². The van der Waals surface area contributed by atoms with Gasteiger partial charge in [0.15, 0.2) is 5.82 Å². The normalized spacial score (nSPS) is 12.6. The van der Waals surface area contributed by atoms with Crippen LogP contribution in [-0.2, 0) is 12.4 Å². The van der Waals surface area contributed by atoms with E-state index in [9.17, 15) is 26.3 Å². The summed E-state index contributed by atoms with van der Waals surface area (Å²) in [4.78, 5) is 10.3. The van der Waals surface area contributed by atoms with Crippen molar-refractivity contribution in [1.29, 1.82) is 0 Å². The molecule has 0 saturated carbocycles. The van der Waals surface area contributed by atoms with Gasteiger partial charge in [0.05, 0.1) is 50.2 Å². The van der Waals surface area contributed by atoms with Crippen molar-refractivity contribution in [3.8, 4) is 28.5 Å². The fourth-order valence-corrected chi connectivity index (χ4v) is 8.59. The smallest absolute Gasteiger partial charge is 0.307 e. The first-order valence-electron chi connectivity index (χ1n) is 18.6. The lowest BCUT2D eigenvalue weighted by Gasteiger charge is -2.23. The molecule has 11 aromatic rings. The summed E-state index contributed by atoms with van der Waals surface area (Å²) in [5.41, 5.74) is 6.21. The summed E-state index contributed by atoms with van der Waals surface area (Å²) < 4.78 is 92.4. The van der Waals surface area contributed by atoms with Crippen LogP contribution in [0.2, 0.25) is 0 Å². The lowest BCUT2D eigenvalue weighted by Crippen LogP contribution is -2.20. The summed E-state index contributed by atoms with van der Waals surface area (Å²) in [5.74, 6) is -4.67. The Balaban J connectivity index is 1.41. The van der Waals surface area contributed by atoms with Crippen LogP contribution in [0.5, 0.6) is 0 Å². The number of hydrogen-bond acceptors (Lipinski definition) is 3. The first-order chi connectivity index (χ1) is 28.6. The SMILES string of the molecule is FC(F)(F)c1nc(-c2cc(-n3c4ccccc4c4ccccc43)c(-n3c4ccccc4c4ccccc43)c(-n3c4ccccc4c4ccccc43)c2)nc(C(F)(F)F)n1. The fourth-order valence-electron chi connectivity index (χ4n) is 8.59. The van der Waals surface area contributed by atoms with Crippen LogP contribution in [-0.4, -0.2) is 28.7 Å². The maximum atomic E-state index is 14.4. The van der Waals surface area contributed by atoms with Gasteiger partial charge in [0.1, 0.15) is 0 Å². The zero-order valence-electron chi connectivity index (χ0n) is 30.5. The van der Waals surface area contributed by atoms with E-state index in [2.05, 4.69) is 19.5 Å². The van der Waals surface area contributed by atoms with Crippen LogP contribution >= 0.6 is 0 Å². The standard InChI is InChI=1S/C47H26F6N6/c48-46(49,50)44-54-43(55-45(56-44)47(51,52)53)27-25-40(57-34-19-7-1-13-28(34)29-14-2-8-20-35(29)57)42(59-38-23-11-5-17-32(38)33-18-6-12-24-39(33)59)41(26-27)58-36-21-9-3-15-30(36)31-16-4-10-22-37(31)58/h1-26H. The molecule has 286 valence electrons. The number of alkyl halides is 6. The van der Waals surface area contributed by atoms with Crippen LogP contribution in [0.4, 0.5) is 26.3 Å². The summed E-state index contributed by atoms with van der Waals surface area (Å²) in [6, 6.07) is 50.1. The largest absolute Gasteiger partial charge is 0.451 e. The van der Waals surface area contributed by atoms with Gasteiger partial charge in [0, 0.05) is 37.9 Å². The van der Waals surface area contributed by atoms with Gasteiger partial charge in [-0.15, -0.1) is 0 Å². The number of fused-ring (bicyclic) bond motifs is 9. The molecule has 0 saturated heterocycles. The van der Waals surface area contributed by atoms with Gasteiger partial charge in [0.25, 0.3) is 0 Å². The zero-order chi connectivity index (χ0) is 40.2. The monoisotopic (exact) mass is 788 g/mol. The lowest BCUT2D eigenvalue weighted by molar-refractivity contribution is -0.155. The average molecular weight is 789 g/mol. The second-order valence-electron chi connectivity index (χ2n) is 14.3. The van der Waals surface area contributed by atoms with E-state index in [1.54, 1.807) is 12.1 Å². The third-order valence-corrected chi connectivity index (χ3v) is 10.9. The highest BCUT2D eigenvalue weighted by molar-refractivity contribution is 6.13. The Bertz CT molecular complexity index is 3170. The molecule has 12 heteroatoms. The van der Waals surface area contributed by atoms with Gasteiger partial charge < -0.3 is 13.7 Å². The number of aromatic nitrogens is 6. The minimum Gasteiger partial charge on any atom is -0.307 e. The van der Waals surface area contributed by atoms with E-state index in [1.165, 1.54) is 0 Å². The minimum absolute atomic E-state index is 0.0818. The van der Waals surface area contributed by atoms with E-state index in [1.807, 2.05) is 155 Å². The molecule has 0 spiro atoms. The van der Waals surface area contributed by atoms with E-state index in [-0.39, 0.29) is 5.56 Å². The van der Waals surface area contributed by atoms with Crippen molar-refractivity contribution in [1.82, 2.24) is 28.7 Å². The maximum Gasteiger partial charge on any atom is 0.451 e. The molecule has 0 radical (unpaired) electrons. The van der Waals surface area contributed by atoms with Crippen molar-refractivity contribution in [3.05, 3.63) is 169 Å². The molecule has 0 aliphatic carbocycles. The molecule has 0 N–H and O–H groups in total. The second-order valence-corrected chi connectivity index (χ2v) is 14.3. The Morgan fingerprint density at radius 1 is 0.339 bits per heavy atom. The maximum absolute atomic E-state index is 14.4. The minimum atomic E-state index is -5.30. The molecule has 11 rings (SSSR count). The number of nitrogens with zero attached hydrogens (tertiary/aromatic N) is 6. The quantitative estimate of drug-likeness (QED) is 0.167. The van der Waals surface area contributed by atoms with Crippen LogP contribution in [0.3, 0.4) is 0 Å². The molecule has 0 aliphatic rings. The van der Waals surface area contributed by atoms with Crippen molar-refractivity contribution in [2.75, 3.05) is 0 Å². The van der Waals surface area contributed by atoms with Crippen molar-refractivity contribution in [2.24, 2.45) is 0 Å². The summed E-state index contributed by atoms with van der Waals surface area (Å²) in [5, 5.41) is 5.52. The van der Waals surface area contributed by atoms with Gasteiger partial charge in [-0.25, -0.2) is 15.0 Å². The van der Waals surface area contributed by atoms with Crippen LogP contribution < -0.4 is 0 Å². The lowest BCUT2D eigenvalue weighted by atomic mass is 10.1. The fraction of sp³-hybridized carbons (Fsp3) is 0.0426. The summed E-state index contributed by atoms with van der Waals surface area (Å²) in [6.45, 7) is 0. The van der Waals surface area contributed by atoms with Gasteiger partial charge >= 0.3 is 12.4 Å². The predicted octanol–water partition coefficient (Wildman–Crippen LogP) is 12.9. The first-order valence-corrected chi connectivity index (χ1v) is 18.6. The van der Waals surface area contributed by atoms with Gasteiger partial charge in [-0.1, -0.05) is 109 Å². The third kappa shape index (κ3) is 5.25. The van der Waals surface area contributed by atoms with E-state index in [0.29, 0.717) is 17.1 Å². The number of halogens is 6. The number of para-hydroxylation sites is 6. The molecule has 59 heavy (non-hydrogen) atoms. The number of rotatable bonds is 4. The Morgan fingerprint density at radius 3 is 0.898 bits per heavy atom. The zero-order valence-corrected chi connectivity index (χ0v) is 30.5. The first kappa shape index (κ1) is 34.8. The molecule has 4 aromatic heterocycles. The molecule has 4 heterocycles. The van der Waals surface area contributed by atoms with Gasteiger partial charge in [-0.05, 0) is 48.5 Å². The topological polar surface area (TPSA) is 53.5 Å². The third-order valence-electron chi connectivity index (χ3n) is 10.9. The highest BCUT2D eigenvalue weighted by Crippen LogP contribution is 2.45. The predicted molar refractivity (Wildman–Crippen MR) is 218 cm³/mol. The van der Waals surface area contributed by atoms with E-state index >= 15 is 0 Å². The van der Waals surface area contributed by atoms with Crippen molar-refractivity contribution in [2.45, 2.75) is 12.4 Å². The Hall–Kier alpha value is -7.47. The van der Waals surface area contributed by atoms with Gasteiger partial charge in [-0.3, -0.25) is 0 Å². The van der Waals surface area contributed by atoms with Crippen molar-refractivity contribution >= 4 is 65.4 Å². The molecular formula is C47H26F6N6. The molecule has 0 fully saturated rings. The van der Waals surface area contributed by atoms with Crippen molar-refractivity contribution in [3.63, 3.8) is 0 Å². The highest BCUT2D eigenvalue weighted by Gasteiger charge is 2.42. The van der Waals surface area contributed by atoms with E-state index in [0.717, 1.165) is 65.4 Å². The van der Waals surface area contributed by atoms with Gasteiger partial charge in [-0.2, -0.15) is 26.3 Å². The molecule has 6 nitrogen and oxygen atoms in total. The molecule has 0 bridgehead atoms. The molecule has 0 aliphatic heterocycles. The molecule has 7 aromatic carbocycles. The van der Waals surface area contributed by atoms with Crippen LogP contribution in [0.25, 0.3) is 93.9 Å². The van der Waals surface area contributed by atoms with Gasteiger partial charge in [0.2, 0.25) is 11.6 Å². The molecule has 0 atom stereocenters. The van der Waals surface area contributed by atoms with Crippen molar-refractivity contribution < 1.29 is 26.3 Å².